The first-order valence-corrected chi connectivity index (χ1v) is 9.65. The lowest BCUT2D eigenvalue weighted by Gasteiger charge is -2.09. The predicted octanol–water partition coefficient (Wildman–Crippen LogP) is 3.30. The molecule has 7 nitrogen and oxygen atoms in total. The van der Waals surface area contributed by atoms with Crippen LogP contribution in [0.2, 0.25) is 0 Å². The highest BCUT2D eigenvalue weighted by Crippen LogP contribution is 2.33. The van der Waals surface area contributed by atoms with E-state index in [0.717, 1.165) is 29.5 Å². The number of rotatable bonds is 6. The molecule has 1 amide bonds. The summed E-state index contributed by atoms with van der Waals surface area (Å²) < 4.78 is 45.6. The van der Waals surface area contributed by atoms with Crippen molar-refractivity contribution >= 4 is 33.4 Å². The lowest BCUT2D eigenvalue weighted by molar-refractivity contribution is -0.143. The standard InChI is InChI=1S/C20H18F2N2O5S/c1-4-29-17(25)10-24-13-8-14(27-2)15(28-3)9-16(13)30-20(24)23-19(26)18-11(21)6-5-7-12(18)22/h5-9H,4,10H2,1-3H3. The van der Waals surface area contributed by atoms with E-state index < -0.39 is 29.1 Å². The van der Waals surface area contributed by atoms with E-state index in [1.165, 1.54) is 18.8 Å². The Morgan fingerprint density at radius 2 is 1.73 bits per heavy atom. The van der Waals surface area contributed by atoms with E-state index >= 15 is 0 Å². The van der Waals surface area contributed by atoms with Gasteiger partial charge >= 0.3 is 5.97 Å². The first-order chi connectivity index (χ1) is 14.4. The van der Waals surface area contributed by atoms with E-state index in [-0.39, 0.29) is 18.0 Å². The molecule has 3 aromatic rings. The number of amides is 1. The molecule has 0 bridgehead atoms. The molecular formula is C20H18F2N2O5S. The van der Waals surface area contributed by atoms with E-state index in [9.17, 15) is 18.4 Å². The van der Waals surface area contributed by atoms with Crippen molar-refractivity contribution in [3.8, 4) is 11.5 Å². The number of methoxy groups -OCH3 is 2. The van der Waals surface area contributed by atoms with Crippen LogP contribution in [0.3, 0.4) is 0 Å². The molecule has 0 saturated carbocycles. The van der Waals surface area contributed by atoms with Crippen LogP contribution in [-0.4, -0.2) is 37.3 Å². The van der Waals surface area contributed by atoms with Gasteiger partial charge in [-0.3, -0.25) is 9.59 Å². The van der Waals surface area contributed by atoms with Crippen LogP contribution in [-0.2, 0) is 16.1 Å². The highest BCUT2D eigenvalue weighted by atomic mass is 32.1. The average Bonchev–Trinajstić information content (AvgIpc) is 3.02. The van der Waals surface area contributed by atoms with Crippen molar-refractivity contribution < 1.29 is 32.6 Å². The summed E-state index contributed by atoms with van der Waals surface area (Å²) in [6.07, 6.45) is 0. The Balaban J connectivity index is 2.22. The monoisotopic (exact) mass is 436 g/mol. The summed E-state index contributed by atoms with van der Waals surface area (Å²) in [5.74, 6) is -2.87. The SMILES string of the molecule is CCOC(=O)Cn1c(=NC(=O)c2c(F)cccc2F)sc2cc(OC)c(OC)cc21. The van der Waals surface area contributed by atoms with Crippen LogP contribution in [0.5, 0.6) is 11.5 Å². The summed E-state index contributed by atoms with van der Waals surface area (Å²) in [7, 11) is 2.93. The number of ether oxygens (including phenoxy) is 3. The molecule has 0 atom stereocenters. The minimum Gasteiger partial charge on any atom is -0.493 e. The molecule has 0 fully saturated rings. The van der Waals surface area contributed by atoms with Crippen molar-refractivity contribution in [2.75, 3.05) is 20.8 Å². The Morgan fingerprint density at radius 1 is 1.10 bits per heavy atom. The van der Waals surface area contributed by atoms with E-state index in [4.69, 9.17) is 14.2 Å². The minimum atomic E-state index is -1.10. The third-order valence-electron chi connectivity index (χ3n) is 4.15. The van der Waals surface area contributed by atoms with Gasteiger partial charge in [0.25, 0.3) is 5.91 Å². The van der Waals surface area contributed by atoms with Crippen molar-refractivity contribution in [2.45, 2.75) is 13.5 Å². The summed E-state index contributed by atoms with van der Waals surface area (Å²) in [6.45, 7) is 1.58. The first kappa shape index (κ1) is 21.4. The number of benzene rings is 2. The Bertz CT molecular complexity index is 1170. The van der Waals surface area contributed by atoms with Crippen LogP contribution in [0.15, 0.2) is 35.3 Å². The second-order valence-electron chi connectivity index (χ2n) is 5.96. The quantitative estimate of drug-likeness (QED) is 0.554. The first-order valence-electron chi connectivity index (χ1n) is 8.83. The van der Waals surface area contributed by atoms with Crippen molar-refractivity contribution in [1.82, 2.24) is 4.57 Å². The Labute approximate surface area is 174 Å². The normalized spacial score (nSPS) is 11.6. The molecule has 0 saturated heterocycles. The molecule has 0 N–H and O–H groups in total. The van der Waals surface area contributed by atoms with Crippen LogP contribution in [0.4, 0.5) is 8.78 Å². The van der Waals surface area contributed by atoms with Crippen molar-refractivity contribution in [3.05, 3.63) is 52.3 Å². The molecule has 1 heterocycles. The number of nitrogens with zero attached hydrogens (tertiary/aromatic N) is 2. The van der Waals surface area contributed by atoms with Crippen LogP contribution in [0, 0.1) is 11.6 Å². The van der Waals surface area contributed by atoms with E-state index in [2.05, 4.69) is 4.99 Å². The number of carbonyl (C=O) groups is 2. The predicted molar refractivity (Wildman–Crippen MR) is 106 cm³/mol. The smallest absolute Gasteiger partial charge is 0.326 e. The molecule has 0 spiro atoms. The molecule has 0 unspecified atom stereocenters. The molecule has 10 heteroatoms. The highest BCUT2D eigenvalue weighted by Gasteiger charge is 2.19. The fraction of sp³-hybridized carbons (Fsp3) is 0.250. The summed E-state index contributed by atoms with van der Waals surface area (Å²) in [4.78, 5) is 28.6. The molecular weight excluding hydrogens is 418 g/mol. The third-order valence-corrected chi connectivity index (χ3v) is 5.20. The zero-order chi connectivity index (χ0) is 21.8. The fourth-order valence-corrected chi connectivity index (χ4v) is 3.85. The van der Waals surface area contributed by atoms with Crippen molar-refractivity contribution in [2.24, 2.45) is 4.99 Å². The molecule has 30 heavy (non-hydrogen) atoms. The molecule has 0 aliphatic heterocycles. The molecule has 0 aliphatic rings. The van der Waals surface area contributed by atoms with Gasteiger partial charge in [-0.25, -0.2) is 8.78 Å². The van der Waals surface area contributed by atoms with Gasteiger partial charge in [-0.05, 0) is 19.1 Å². The van der Waals surface area contributed by atoms with E-state index in [1.54, 1.807) is 19.1 Å². The van der Waals surface area contributed by atoms with Crippen LogP contribution in [0.1, 0.15) is 17.3 Å². The van der Waals surface area contributed by atoms with Gasteiger partial charge in [0.15, 0.2) is 16.3 Å². The maximum Gasteiger partial charge on any atom is 0.326 e. The van der Waals surface area contributed by atoms with Crippen LogP contribution in [0.25, 0.3) is 10.2 Å². The maximum absolute atomic E-state index is 14.0. The Morgan fingerprint density at radius 3 is 2.33 bits per heavy atom. The number of carbonyl (C=O) groups excluding carboxylic acids is 2. The third kappa shape index (κ3) is 4.18. The van der Waals surface area contributed by atoms with E-state index in [1.807, 2.05) is 0 Å². The summed E-state index contributed by atoms with van der Waals surface area (Å²) in [6, 6.07) is 6.38. The molecule has 1 aromatic heterocycles. The number of halogens is 2. The van der Waals surface area contributed by atoms with Gasteiger partial charge in [-0.1, -0.05) is 17.4 Å². The molecule has 3 rings (SSSR count). The average molecular weight is 436 g/mol. The van der Waals surface area contributed by atoms with Gasteiger partial charge in [-0.15, -0.1) is 0 Å². The van der Waals surface area contributed by atoms with Gasteiger partial charge in [-0.2, -0.15) is 4.99 Å². The Kier molecular flexibility index (Phi) is 6.46. The number of hydrogen-bond acceptors (Lipinski definition) is 6. The molecule has 0 radical (unpaired) electrons. The number of fused-ring (bicyclic) bond motifs is 1. The van der Waals surface area contributed by atoms with Gasteiger partial charge in [0.1, 0.15) is 23.7 Å². The van der Waals surface area contributed by atoms with Crippen LogP contribution >= 0.6 is 11.3 Å². The number of thiazole rings is 1. The van der Waals surface area contributed by atoms with E-state index in [0.29, 0.717) is 21.7 Å². The van der Waals surface area contributed by atoms with Gasteiger partial charge in [0.2, 0.25) is 0 Å². The summed E-state index contributed by atoms with van der Waals surface area (Å²) >= 11 is 1.05. The lowest BCUT2D eigenvalue weighted by Crippen LogP contribution is -2.23. The number of esters is 1. The molecule has 0 aliphatic carbocycles. The zero-order valence-corrected chi connectivity index (χ0v) is 17.2. The minimum absolute atomic E-state index is 0.0704. The second kappa shape index (κ2) is 9.04. The highest BCUT2D eigenvalue weighted by molar-refractivity contribution is 7.16. The largest absolute Gasteiger partial charge is 0.493 e. The topological polar surface area (TPSA) is 79.1 Å². The van der Waals surface area contributed by atoms with Gasteiger partial charge in [0, 0.05) is 12.1 Å². The number of hydrogen-bond donors (Lipinski definition) is 0. The zero-order valence-electron chi connectivity index (χ0n) is 16.4. The summed E-state index contributed by atoms with van der Waals surface area (Å²) in [5.41, 5.74) is -0.251. The Hall–Kier alpha value is -3.27. The lowest BCUT2D eigenvalue weighted by atomic mass is 10.2. The fourth-order valence-electron chi connectivity index (χ4n) is 2.82. The molecule has 158 valence electrons. The number of aromatic nitrogens is 1. The van der Waals surface area contributed by atoms with Crippen molar-refractivity contribution in [1.29, 1.82) is 0 Å². The summed E-state index contributed by atoms with van der Waals surface area (Å²) in [5, 5.41) is 0. The molecule has 2 aromatic carbocycles. The van der Waals surface area contributed by atoms with Gasteiger partial charge in [0.05, 0.1) is 31.0 Å². The second-order valence-corrected chi connectivity index (χ2v) is 6.97. The van der Waals surface area contributed by atoms with Crippen LogP contribution < -0.4 is 14.3 Å². The maximum atomic E-state index is 14.0. The van der Waals surface area contributed by atoms with Crippen molar-refractivity contribution in [3.63, 3.8) is 0 Å². The van der Waals surface area contributed by atoms with Gasteiger partial charge < -0.3 is 18.8 Å².